The van der Waals surface area contributed by atoms with E-state index in [0.29, 0.717) is 0 Å². The van der Waals surface area contributed by atoms with E-state index in [-0.39, 0.29) is 17.4 Å². The van der Waals surface area contributed by atoms with E-state index >= 15 is 0 Å². The van der Waals surface area contributed by atoms with Crippen LogP contribution in [0, 0.1) is 11.7 Å². The summed E-state index contributed by atoms with van der Waals surface area (Å²) in [6, 6.07) is 2.92. The van der Waals surface area contributed by atoms with Gasteiger partial charge in [0.15, 0.2) is 0 Å². The normalized spacial score (nSPS) is 20.4. The predicted octanol–water partition coefficient (Wildman–Crippen LogP) is 3.22. The molecule has 1 aromatic rings. The third kappa shape index (κ3) is 2.59. The lowest BCUT2D eigenvalue weighted by atomic mass is 9.91. The first-order valence-electron chi connectivity index (χ1n) is 6.07. The largest absolute Gasteiger partial charge is 0.386 e. The summed E-state index contributed by atoms with van der Waals surface area (Å²) in [4.78, 5) is 3.96. The molecule has 1 heterocycles. The Kier molecular flexibility index (Phi) is 3.88. The summed E-state index contributed by atoms with van der Waals surface area (Å²) in [7, 11) is 0. The average molecular weight is 223 g/mol. The van der Waals surface area contributed by atoms with Gasteiger partial charge >= 0.3 is 0 Å². The summed E-state index contributed by atoms with van der Waals surface area (Å²) in [5, 5.41) is 10.1. The third-order valence-electron chi connectivity index (χ3n) is 3.41. The van der Waals surface area contributed by atoms with Crippen molar-refractivity contribution in [3.8, 4) is 0 Å². The Morgan fingerprint density at radius 3 is 2.56 bits per heavy atom. The molecule has 1 aromatic heterocycles. The van der Waals surface area contributed by atoms with Crippen LogP contribution in [0.3, 0.4) is 0 Å². The van der Waals surface area contributed by atoms with E-state index in [4.69, 9.17) is 0 Å². The first-order chi connectivity index (χ1) is 7.79. The zero-order valence-electron chi connectivity index (χ0n) is 9.40. The van der Waals surface area contributed by atoms with Crippen LogP contribution in [0.15, 0.2) is 18.3 Å². The molecule has 0 amide bonds. The fraction of sp³-hybridized carbons (Fsp3) is 0.615. The van der Waals surface area contributed by atoms with Gasteiger partial charge in [-0.3, -0.25) is 4.98 Å². The molecule has 0 bridgehead atoms. The third-order valence-corrected chi connectivity index (χ3v) is 3.41. The van der Waals surface area contributed by atoms with E-state index in [1.54, 1.807) is 12.3 Å². The number of pyridine rings is 1. The summed E-state index contributed by atoms with van der Waals surface area (Å²) in [5.41, 5.74) is 0.217. The number of nitrogens with zero attached hydrogens (tertiary/aromatic N) is 1. The van der Waals surface area contributed by atoms with Crippen molar-refractivity contribution in [2.45, 2.75) is 44.6 Å². The number of halogens is 1. The van der Waals surface area contributed by atoms with Crippen LogP contribution < -0.4 is 0 Å². The van der Waals surface area contributed by atoms with Gasteiger partial charge in [-0.15, -0.1) is 0 Å². The number of aliphatic hydroxyl groups is 1. The zero-order chi connectivity index (χ0) is 11.4. The van der Waals surface area contributed by atoms with Crippen LogP contribution >= 0.6 is 0 Å². The molecule has 0 saturated heterocycles. The van der Waals surface area contributed by atoms with Crippen LogP contribution in [0.1, 0.15) is 50.3 Å². The molecule has 1 aliphatic carbocycles. The highest BCUT2D eigenvalue weighted by molar-refractivity contribution is 5.10. The van der Waals surface area contributed by atoms with Gasteiger partial charge in [0.05, 0.1) is 0 Å². The lowest BCUT2D eigenvalue weighted by Gasteiger charge is -2.20. The smallest absolute Gasteiger partial charge is 0.147 e. The first-order valence-corrected chi connectivity index (χ1v) is 6.07. The summed E-state index contributed by atoms with van der Waals surface area (Å²) < 4.78 is 13.5. The topological polar surface area (TPSA) is 33.1 Å². The van der Waals surface area contributed by atoms with Crippen molar-refractivity contribution < 1.29 is 9.50 Å². The molecule has 2 nitrogen and oxygen atoms in total. The molecular weight excluding hydrogens is 205 g/mol. The Morgan fingerprint density at radius 1 is 1.25 bits per heavy atom. The van der Waals surface area contributed by atoms with Gasteiger partial charge in [-0.1, -0.05) is 25.7 Å². The van der Waals surface area contributed by atoms with Crippen molar-refractivity contribution in [3.05, 3.63) is 29.8 Å². The Hall–Kier alpha value is -0.960. The van der Waals surface area contributed by atoms with E-state index in [9.17, 15) is 9.50 Å². The van der Waals surface area contributed by atoms with E-state index in [1.165, 1.54) is 18.9 Å². The molecule has 0 radical (unpaired) electrons. The summed E-state index contributed by atoms with van der Waals surface area (Å²) in [6.07, 6.45) is 7.50. The highest BCUT2D eigenvalue weighted by atomic mass is 19.1. The molecular formula is C13H18FNO. The second-order valence-corrected chi connectivity index (χ2v) is 4.57. The molecule has 1 fully saturated rings. The van der Waals surface area contributed by atoms with E-state index in [0.717, 1.165) is 25.7 Å². The maximum Gasteiger partial charge on any atom is 0.147 e. The average Bonchev–Trinajstić information content (AvgIpc) is 2.57. The first kappa shape index (κ1) is 11.5. The second kappa shape index (κ2) is 5.39. The Labute approximate surface area is 95.5 Å². The summed E-state index contributed by atoms with van der Waals surface area (Å²) >= 11 is 0. The molecule has 1 atom stereocenters. The minimum absolute atomic E-state index is 0.173. The Morgan fingerprint density at radius 2 is 1.94 bits per heavy atom. The molecule has 3 heteroatoms. The van der Waals surface area contributed by atoms with Gasteiger partial charge in [0.2, 0.25) is 0 Å². The number of aromatic nitrogens is 1. The van der Waals surface area contributed by atoms with Gasteiger partial charge in [0.1, 0.15) is 17.6 Å². The number of hydrogen-bond acceptors (Lipinski definition) is 2. The summed E-state index contributed by atoms with van der Waals surface area (Å²) in [6.45, 7) is 0. The molecule has 1 saturated carbocycles. The van der Waals surface area contributed by atoms with E-state index in [2.05, 4.69) is 4.98 Å². The van der Waals surface area contributed by atoms with Crippen molar-refractivity contribution in [3.63, 3.8) is 0 Å². The van der Waals surface area contributed by atoms with Crippen molar-refractivity contribution >= 4 is 0 Å². The van der Waals surface area contributed by atoms with Crippen molar-refractivity contribution in [1.82, 2.24) is 4.98 Å². The standard InChI is InChI=1S/C13H18FNO/c14-11-8-5-9-15-12(11)13(16)10-6-3-1-2-4-7-10/h5,8-10,13,16H,1-4,6-7H2. The van der Waals surface area contributed by atoms with Gasteiger partial charge in [0.25, 0.3) is 0 Å². The van der Waals surface area contributed by atoms with Gasteiger partial charge in [-0.2, -0.15) is 0 Å². The summed E-state index contributed by atoms with van der Waals surface area (Å²) in [5.74, 6) is -0.217. The Bertz CT molecular complexity index is 334. The highest BCUT2D eigenvalue weighted by Crippen LogP contribution is 2.33. The fourth-order valence-corrected chi connectivity index (χ4v) is 2.47. The number of hydrogen-bond donors (Lipinski definition) is 1. The molecule has 0 aromatic carbocycles. The van der Waals surface area contributed by atoms with Crippen molar-refractivity contribution in [1.29, 1.82) is 0 Å². The molecule has 0 aliphatic heterocycles. The minimum Gasteiger partial charge on any atom is -0.386 e. The molecule has 1 aliphatic rings. The van der Waals surface area contributed by atoms with Crippen LogP contribution in [0.25, 0.3) is 0 Å². The number of rotatable bonds is 2. The quantitative estimate of drug-likeness (QED) is 0.781. The van der Waals surface area contributed by atoms with Crippen LogP contribution in [-0.2, 0) is 0 Å². The van der Waals surface area contributed by atoms with Gasteiger partial charge in [-0.25, -0.2) is 4.39 Å². The molecule has 2 rings (SSSR count). The van der Waals surface area contributed by atoms with Crippen LogP contribution in [0.5, 0.6) is 0 Å². The van der Waals surface area contributed by atoms with E-state index < -0.39 is 6.10 Å². The van der Waals surface area contributed by atoms with Gasteiger partial charge in [-0.05, 0) is 30.9 Å². The molecule has 88 valence electrons. The second-order valence-electron chi connectivity index (χ2n) is 4.57. The monoisotopic (exact) mass is 223 g/mol. The molecule has 1 N–H and O–H groups in total. The zero-order valence-corrected chi connectivity index (χ0v) is 9.40. The fourth-order valence-electron chi connectivity index (χ4n) is 2.47. The molecule has 0 spiro atoms. The minimum atomic E-state index is -0.737. The lowest BCUT2D eigenvalue weighted by Crippen LogP contribution is -2.14. The number of aliphatic hydroxyl groups excluding tert-OH is 1. The van der Waals surface area contributed by atoms with Gasteiger partial charge in [0, 0.05) is 6.20 Å². The Balaban J connectivity index is 2.11. The van der Waals surface area contributed by atoms with Crippen LogP contribution in [0.2, 0.25) is 0 Å². The molecule has 1 unspecified atom stereocenters. The van der Waals surface area contributed by atoms with Crippen molar-refractivity contribution in [2.24, 2.45) is 5.92 Å². The maximum atomic E-state index is 13.5. The highest BCUT2D eigenvalue weighted by Gasteiger charge is 2.25. The SMILES string of the molecule is OC(c1ncccc1F)C1CCCCCC1. The predicted molar refractivity (Wildman–Crippen MR) is 60.3 cm³/mol. The van der Waals surface area contributed by atoms with Crippen molar-refractivity contribution in [2.75, 3.05) is 0 Å². The van der Waals surface area contributed by atoms with Crippen LogP contribution in [-0.4, -0.2) is 10.1 Å². The maximum absolute atomic E-state index is 13.5. The van der Waals surface area contributed by atoms with Crippen LogP contribution in [0.4, 0.5) is 4.39 Å². The molecule has 16 heavy (non-hydrogen) atoms. The lowest BCUT2D eigenvalue weighted by molar-refractivity contribution is 0.0909. The van der Waals surface area contributed by atoms with E-state index in [1.807, 2.05) is 0 Å². The van der Waals surface area contributed by atoms with Gasteiger partial charge < -0.3 is 5.11 Å².